The van der Waals surface area contributed by atoms with Crippen molar-refractivity contribution in [2.75, 3.05) is 5.32 Å². The fourth-order valence-electron chi connectivity index (χ4n) is 3.48. The van der Waals surface area contributed by atoms with Gasteiger partial charge in [0, 0.05) is 27.9 Å². The first-order valence-corrected chi connectivity index (χ1v) is 9.32. The minimum Gasteiger partial charge on any atom is -0.324 e. The average molecular weight is 395 g/mol. The first-order chi connectivity index (χ1) is 13.4. The SMILES string of the molecule is Cc1c(Cl)cccc1NC(=O)[C@H](C)n1c2ccccc2c2nc(=O)cc(C)n21. The van der Waals surface area contributed by atoms with Crippen molar-refractivity contribution in [2.24, 2.45) is 0 Å². The van der Waals surface area contributed by atoms with Gasteiger partial charge in [0.2, 0.25) is 5.91 Å². The molecule has 2 heterocycles. The zero-order valence-corrected chi connectivity index (χ0v) is 16.5. The number of anilines is 1. The quantitative estimate of drug-likeness (QED) is 0.568. The van der Waals surface area contributed by atoms with E-state index in [1.54, 1.807) is 12.1 Å². The van der Waals surface area contributed by atoms with Crippen molar-refractivity contribution < 1.29 is 4.79 Å². The molecule has 0 saturated carbocycles. The van der Waals surface area contributed by atoms with Crippen LogP contribution in [0.2, 0.25) is 5.02 Å². The number of carbonyl (C=O) groups is 1. The first kappa shape index (κ1) is 18.3. The van der Waals surface area contributed by atoms with Crippen LogP contribution in [0.25, 0.3) is 16.6 Å². The minimum atomic E-state index is -0.552. The van der Waals surface area contributed by atoms with Crippen LogP contribution in [0.4, 0.5) is 5.69 Å². The Balaban J connectivity index is 1.86. The van der Waals surface area contributed by atoms with E-state index in [1.807, 2.05) is 60.3 Å². The molecule has 0 radical (unpaired) electrons. The Labute approximate surface area is 166 Å². The van der Waals surface area contributed by atoms with Crippen molar-refractivity contribution in [1.29, 1.82) is 0 Å². The van der Waals surface area contributed by atoms with Crippen LogP contribution in [0.1, 0.15) is 24.2 Å². The number of hydrogen-bond acceptors (Lipinski definition) is 3. The first-order valence-electron chi connectivity index (χ1n) is 8.94. The Morgan fingerprint density at radius 1 is 1.14 bits per heavy atom. The van der Waals surface area contributed by atoms with Gasteiger partial charge in [-0.1, -0.05) is 29.8 Å². The smallest absolute Gasteiger partial charge is 0.273 e. The second kappa shape index (κ2) is 6.80. The molecule has 0 bridgehead atoms. The number of fused-ring (bicyclic) bond motifs is 3. The Morgan fingerprint density at radius 2 is 1.89 bits per heavy atom. The highest BCUT2D eigenvalue weighted by Crippen LogP contribution is 2.27. The van der Waals surface area contributed by atoms with Crippen molar-refractivity contribution >= 4 is 39.7 Å². The monoisotopic (exact) mass is 394 g/mol. The highest BCUT2D eigenvalue weighted by molar-refractivity contribution is 6.31. The fraction of sp³-hybridized carbons (Fsp3) is 0.190. The molecule has 2 aromatic heterocycles. The van der Waals surface area contributed by atoms with E-state index in [0.717, 1.165) is 16.5 Å². The van der Waals surface area contributed by atoms with Gasteiger partial charge in [0.05, 0.1) is 5.52 Å². The number of carbonyl (C=O) groups excluding carboxylic acids is 1. The highest BCUT2D eigenvalue weighted by Gasteiger charge is 2.23. The van der Waals surface area contributed by atoms with Crippen molar-refractivity contribution in [3.63, 3.8) is 0 Å². The standard InChI is InChI=1S/C21H19ClN4O2/c1-12-11-19(27)24-20-15-7-4-5-10-18(15)26(25(12)20)14(3)21(28)23-17-9-6-8-16(22)13(17)2/h4-11,14H,1-3H3,(H,23,28)/t14-/m0/s1. The summed E-state index contributed by atoms with van der Waals surface area (Å²) < 4.78 is 3.68. The fourth-order valence-corrected chi connectivity index (χ4v) is 3.65. The van der Waals surface area contributed by atoms with Crippen molar-refractivity contribution in [3.8, 4) is 0 Å². The van der Waals surface area contributed by atoms with Gasteiger partial charge >= 0.3 is 0 Å². The zero-order chi connectivity index (χ0) is 20.0. The van der Waals surface area contributed by atoms with Gasteiger partial charge in [0.15, 0.2) is 5.65 Å². The van der Waals surface area contributed by atoms with Gasteiger partial charge in [0.1, 0.15) is 6.04 Å². The lowest BCUT2D eigenvalue weighted by atomic mass is 10.2. The molecule has 1 atom stereocenters. The van der Waals surface area contributed by atoms with E-state index in [1.165, 1.54) is 6.07 Å². The average Bonchev–Trinajstić information content (AvgIpc) is 2.99. The number of para-hydroxylation sites is 1. The molecule has 28 heavy (non-hydrogen) atoms. The second-order valence-corrected chi connectivity index (χ2v) is 7.22. The molecule has 0 spiro atoms. The summed E-state index contributed by atoms with van der Waals surface area (Å²) in [5, 5.41) is 4.38. The second-order valence-electron chi connectivity index (χ2n) is 6.81. The molecule has 7 heteroatoms. The molecule has 1 amide bonds. The van der Waals surface area contributed by atoms with Crippen LogP contribution < -0.4 is 10.9 Å². The van der Waals surface area contributed by atoms with Gasteiger partial charge in [-0.15, -0.1) is 0 Å². The summed E-state index contributed by atoms with van der Waals surface area (Å²) in [5.41, 5.74) is 3.27. The van der Waals surface area contributed by atoms with E-state index in [2.05, 4.69) is 10.3 Å². The summed E-state index contributed by atoms with van der Waals surface area (Å²) in [5.74, 6) is -0.189. The van der Waals surface area contributed by atoms with E-state index in [4.69, 9.17) is 11.6 Å². The predicted molar refractivity (Wildman–Crippen MR) is 111 cm³/mol. The van der Waals surface area contributed by atoms with Crippen LogP contribution in [-0.2, 0) is 4.79 Å². The molecular formula is C21H19ClN4O2. The summed E-state index contributed by atoms with van der Waals surface area (Å²) in [4.78, 5) is 29.2. The summed E-state index contributed by atoms with van der Waals surface area (Å²) in [7, 11) is 0. The van der Waals surface area contributed by atoms with Crippen LogP contribution in [0.15, 0.2) is 53.3 Å². The Morgan fingerprint density at radius 3 is 2.68 bits per heavy atom. The number of nitrogens with zero attached hydrogens (tertiary/aromatic N) is 3. The lowest BCUT2D eigenvalue weighted by molar-refractivity contribution is -0.119. The number of nitrogens with one attached hydrogen (secondary N) is 1. The molecule has 142 valence electrons. The lowest BCUT2D eigenvalue weighted by Gasteiger charge is -2.19. The Hall–Kier alpha value is -3.12. The molecule has 4 rings (SSSR count). The lowest BCUT2D eigenvalue weighted by Crippen LogP contribution is -2.27. The van der Waals surface area contributed by atoms with Crippen LogP contribution in [-0.4, -0.2) is 20.1 Å². The van der Waals surface area contributed by atoms with Gasteiger partial charge in [-0.05, 0) is 50.6 Å². The Kier molecular flexibility index (Phi) is 4.43. The molecule has 0 aliphatic rings. The van der Waals surface area contributed by atoms with Gasteiger partial charge < -0.3 is 5.32 Å². The summed E-state index contributed by atoms with van der Waals surface area (Å²) >= 11 is 6.17. The van der Waals surface area contributed by atoms with Gasteiger partial charge in [-0.3, -0.25) is 14.3 Å². The van der Waals surface area contributed by atoms with E-state index in [9.17, 15) is 9.59 Å². The number of halogens is 1. The third-order valence-corrected chi connectivity index (χ3v) is 5.37. The molecule has 4 aromatic rings. The van der Waals surface area contributed by atoms with Gasteiger partial charge in [-0.25, -0.2) is 4.52 Å². The van der Waals surface area contributed by atoms with Crippen molar-refractivity contribution in [1.82, 2.24) is 14.2 Å². The normalized spacial score (nSPS) is 12.4. The van der Waals surface area contributed by atoms with Crippen LogP contribution in [0.3, 0.4) is 0 Å². The number of benzene rings is 2. The molecule has 0 fully saturated rings. The summed E-state index contributed by atoms with van der Waals surface area (Å²) in [6, 6.07) is 13.9. The third-order valence-electron chi connectivity index (χ3n) is 4.96. The maximum atomic E-state index is 13.1. The number of aromatic nitrogens is 3. The van der Waals surface area contributed by atoms with Crippen molar-refractivity contribution in [2.45, 2.75) is 26.8 Å². The van der Waals surface area contributed by atoms with E-state index in [0.29, 0.717) is 22.1 Å². The van der Waals surface area contributed by atoms with E-state index < -0.39 is 6.04 Å². The molecule has 0 saturated heterocycles. The van der Waals surface area contributed by atoms with E-state index >= 15 is 0 Å². The van der Waals surface area contributed by atoms with Crippen LogP contribution >= 0.6 is 11.6 Å². The molecular weight excluding hydrogens is 376 g/mol. The van der Waals surface area contributed by atoms with E-state index in [-0.39, 0.29) is 11.5 Å². The topological polar surface area (TPSA) is 68.4 Å². The number of amides is 1. The minimum absolute atomic E-state index is 0.189. The molecule has 6 nitrogen and oxygen atoms in total. The molecule has 1 N–H and O–H groups in total. The Bertz CT molecular complexity index is 1290. The molecule has 0 unspecified atom stereocenters. The summed E-state index contributed by atoms with van der Waals surface area (Å²) in [6.07, 6.45) is 0. The van der Waals surface area contributed by atoms with Crippen molar-refractivity contribution in [3.05, 3.63) is 75.2 Å². The summed E-state index contributed by atoms with van der Waals surface area (Å²) in [6.45, 7) is 5.51. The third kappa shape index (κ3) is 2.86. The van der Waals surface area contributed by atoms with Gasteiger partial charge in [-0.2, -0.15) is 4.98 Å². The highest BCUT2D eigenvalue weighted by atomic mass is 35.5. The van der Waals surface area contributed by atoms with Crippen LogP contribution in [0, 0.1) is 13.8 Å². The number of aryl methyl sites for hydroxylation is 1. The maximum absolute atomic E-state index is 13.1. The molecule has 0 aliphatic heterocycles. The predicted octanol–water partition coefficient (Wildman–Crippen LogP) is 4.12. The zero-order valence-electron chi connectivity index (χ0n) is 15.7. The van der Waals surface area contributed by atoms with Gasteiger partial charge in [0.25, 0.3) is 5.56 Å². The number of rotatable bonds is 3. The van der Waals surface area contributed by atoms with Crippen LogP contribution in [0.5, 0.6) is 0 Å². The molecule has 2 aromatic carbocycles. The molecule has 0 aliphatic carbocycles. The number of hydrogen-bond donors (Lipinski definition) is 1. The largest absolute Gasteiger partial charge is 0.324 e. The maximum Gasteiger partial charge on any atom is 0.273 e.